The Morgan fingerprint density at radius 3 is 1.72 bits per heavy atom. The second-order valence-electron chi connectivity index (χ2n) is 13.1. The summed E-state index contributed by atoms with van der Waals surface area (Å²) in [6, 6.07) is 62.1. The molecule has 2 nitrogen and oxygen atoms in total. The lowest BCUT2D eigenvalue weighted by atomic mass is 9.92. The Bertz CT molecular complexity index is 3090. The lowest BCUT2D eigenvalue weighted by molar-refractivity contribution is 1.19. The van der Waals surface area contributed by atoms with E-state index in [-0.39, 0.29) is 0 Å². The lowest BCUT2D eigenvalue weighted by Gasteiger charge is -2.13. The van der Waals surface area contributed by atoms with Gasteiger partial charge in [-0.3, -0.25) is 0 Å². The molecule has 232 valence electrons. The molecule has 0 aliphatic carbocycles. The van der Waals surface area contributed by atoms with Crippen LogP contribution in [-0.2, 0) is 0 Å². The highest BCUT2D eigenvalue weighted by atomic mass is 32.1. The van der Waals surface area contributed by atoms with E-state index in [0.717, 1.165) is 21.8 Å². The summed E-state index contributed by atoms with van der Waals surface area (Å²) in [6.07, 6.45) is 0. The summed E-state index contributed by atoms with van der Waals surface area (Å²) in [5.41, 5.74) is 8.17. The second-order valence-corrected chi connectivity index (χ2v) is 14.2. The Hall–Kier alpha value is -6.29. The van der Waals surface area contributed by atoms with Crippen LogP contribution >= 0.6 is 11.3 Å². The molecule has 9 aromatic carbocycles. The first-order valence-electron chi connectivity index (χ1n) is 17.0. The third-order valence-electron chi connectivity index (χ3n) is 10.4. The summed E-state index contributed by atoms with van der Waals surface area (Å²) >= 11 is 1.76. The quantitative estimate of drug-likeness (QED) is 0.174. The van der Waals surface area contributed by atoms with Gasteiger partial charge >= 0.3 is 0 Å². The molecule has 0 atom stereocenters. The van der Waals surface area contributed by atoms with Crippen LogP contribution < -0.4 is 0 Å². The van der Waals surface area contributed by atoms with Crippen molar-refractivity contribution in [2.45, 2.75) is 0 Å². The first kappa shape index (κ1) is 27.6. The van der Waals surface area contributed by atoms with Gasteiger partial charge in [-0.05, 0) is 103 Å². The molecule has 0 N–H and O–H groups in total. The molecule has 0 amide bonds. The van der Waals surface area contributed by atoms with Crippen LogP contribution in [0.2, 0.25) is 0 Å². The fourth-order valence-electron chi connectivity index (χ4n) is 8.11. The van der Waals surface area contributed by atoms with Crippen LogP contribution in [0.3, 0.4) is 0 Å². The monoisotopic (exact) mass is 652 g/mol. The van der Waals surface area contributed by atoms with Crippen molar-refractivity contribution in [3.05, 3.63) is 170 Å². The molecule has 0 saturated carbocycles. The molecule has 0 aliphatic heterocycles. The fourth-order valence-corrected chi connectivity index (χ4v) is 9.10. The topological polar surface area (TPSA) is 17.8 Å². The fraction of sp³-hybridized carbons (Fsp3) is 0. The zero-order valence-electron chi connectivity index (χ0n) is 27.0. The van der Waals surface area contributed by atoms with Gasteiger partial charge in [0.25, 0.3) is 0 Å². The predicted octanol–water partition coefficient (Wildman–Crippen LogP) is 13.3. The maximum absolute atomic E-state index is 5.09. The summed E-state index contributed by atoms with van der Waals surface area (Å²) in [7, 11) is 0. The van der Waals surface area contributed by atoms with Crippen LogP contribution in [0, 0.1) is 0 Å². The van der Waals surface area contributed by atoms with E-state index in [1.165, 1.54) is 80.7 Å². The van der Waals surface area contributed by atoms with Gasteiger partial charge in [-0.15, -0.1) is 11.3 Å². The first-order chi connectivity index (χ1) is 24.8. The van der Waals surface area contributed by atoms with Gasteiger partial charge in [0.1, 0.15) is 5.01 Å². The van der Waals surface area contributed by atoms with E-state index >= 15 is 0 Å². The zero-order chi connectivity index (χ0) is 32.8. The van der Waals surface area contributed by atoms with Crippen LogP contribution in [0.15, 0.2) is 170 Å². The number of thiazole rings is 1. The average molecular weight is 653 g/mol. The molecule has 0 aliphatic rings. The molecular formula is C47H28N2S. The van der Waals surface area contributed by atoms with E-state index in [4.69, 9.17) is 4.98 Å². The van der Waals surface area contributed by atoms with Gasteiger partial charge in [0.05, 0.1) is 21.3 Å². The van der Waals surface area contributed by atoms with Crippen LogP contribution in [0.5, 0.6) is 0 Å². The summed E-state index contributed by atoms with van der Waals surface area (Å²) in [5.74, 6) is 0. The van der Waals surface area contributed by atoms with Crippen LogP contribution in [0.1, 0.15) is 0 Å². The van der Waals surface area contributed by atoms with E-state index in [2.05, 4.69) is 174 Å². The van der Waals surface area contributed by atoms with Gasteiger partial charge in [-0.25, -0.2) is 4.98 Å². The number of aromatic nitrogens is 2. The van der Waals surface area contributed by atoms with Gasteiger partial charge in [-0.2, -0.15) is 0 Å². The van der Waals surface area contributed by atoms with Crippen molar-refractivity contribution in [2.75, 3.05) is 0 Å². The number of para-hydroxylation sites is 2. The minimum Gasteiger partial charge on any atom is -0.309 e. The molecule has 0 unspecified atom stereocenters. The summed E-state index contributed by atoms with van der Waals surface area (Å²) in [6.45, 7) is 0. The van der Waals surface area contributed by atoms with Crippen LogP contribution in [-0.4, -0.2) is 9.55 Å². The normalized spacial score (nSPS) is 12.0. The third kappa shape index (κ3) is 4.05. The summed E-state index contributed by atoms with van der Waals surface area (Å²) in [5, 5.41) is 13.7. The molecule has 2 heterocycles. The standard InChI is InChI=1S/C47H28N2S/c1-2-12-33-31(11-1)25-32(28-42(33)47-48-43-18-8-10-20-46(43)50-47)49-44-19-9-7-17-39(44)41-27-30(22-24-45(41)49)29-21-23-38-36-15-4-3-13-34(36)35-14-5-6-16-37(35)40(38)26-29/h1-28H. The Balaban J connectivity index is 1.13. The number of rotatable bonds is 3. The number of benzene rings is 9. The number of hydrogen-bond donors (Lipinski definition) is 0. The molecule has 0 fully saturated rings. The highest BCUT2D eigenvalue weighted by Gasteiger charge is 2.17. The molecule has 0 bridgehead atoms. The Labute approximate surface area is 292 Å². The van der Waals surface area contributed by atoms with E-state index in [0.29, 0.717) is 0 Å². The van der Waals surface area contributed by atoms with E-state index in [1.54, 1.807) is 11.3 Å². The molecule has 3 heteroatoms. The second kappa shape index (κ2) is 10.6. The Morgan fingerprint density at radius 2 is 0.960 bits per heavy atom. The smallest absolute Gasteiger partial charge is 0.125 e. The maximum atomic E-state index is 5.09. The Morgan fingerprint density at radius 1 is 0.400 bits per heavy atom. The van der Waals surface area contributed by atoms with E-state index in [9.17, 15) is 0 Å². The SMILES string of the molecule is c1ccc2c(-c3nc4ccccc4s3)cc(-n3c4ccccc4c4cc(-c5ccc6c7ccccc7c7ccccc7c6c5)ccc43)cc2c1. The highest BCUT2D eigenvalue weighted by molar-refractivity contribution is 7.21. The van der Waals surface area contributed by atoms with Crippen molar-refractivity contribution in [3.63, 3.8) is 0 Å². The summed E-state index contributed by atoms with van der Waals surface area (Å²) < 4.78 is 3.63. The molecule has 2 aromatic heterocycles. The van der Waals surface area contributed by atoms with Gasteiger partial charge < -0.3 is 4.57 Å². The molecule has 11 rings (SSSR count). The molecule has 0 spiro atoms. The molecule has 0 radical (unpaired) electrons. The Kier molecular flexibility index (Phi) is 5.86. The highest BCUT2D eigenvalue weighted by Crippen LogP contribution is 2.41. The predicted molar refractivity (Wildman–Crippen MR) is 215 cm³/mol. The molecule has 50 heavy (non-hydrogen) atoms. The largest absolute Gasteiger partial charge is 0.309 e. The van der Waals surface area contributed by atoms with E-state index < -0.39 is 0 Å². The third-order valence-corrected chi connectivity index (χ3v) is 11.4. The van der Waals surface area contributed by atoms with Crippen molar-refractivity contribution < 1.29 is 0 Å². The minimum absolute atomic E-state index is 1.04. The first-order valence-corrected chi connectivity index (χ1v) is 17.9. The lowest BCUT2D eigenvalue weighted by Crippen LogP contribution is -1.95. The van der Waals surface area contributed by atoms with Crippen molar-refractivity contribution in [1.82, 2.24) is 9.55 Å². The number of nitrogens with zero attached hydrogens (tertiary/aromatic N) is 2. The van der Waals surface area contributed by atoms with Crippen molar-refractivity contribution >= 4 is 86.4 Å². The molecular weight excluding hydrogens is 625 g/mol. The van der Waals surface area contributed by atoms with Gasteiger partial charge in [0, 0.05) is 22.0 Å². The van der Waals surface area contributed by atoms with Gasteiger partial charge in [-0.1, -0.05) is 121 Å². The van der Waals surface area contributed by atoms with Gasteiger partial charge in [0.15, 0.2) is 0 Å². The van der Waals surface area contributed by atoms with E-state index in [1.807, 2.05) is 0 Å². The van der Waals surface area contributed by atoms with Crippen LogP contribution in [0.4, 0.5) is 0 Å². The number of fused-ring (bicyclic) bond motifs is 11. The zero-order valence-corrected chi connectivity index (χ0v) is 27.8. The number of hydrogen-bond acceptors (Lipinski definition) is 2. The van der Waals surface area contributed by atoms with Gasteiger partial charge in [0.2, 0.25) is 0 Å². The summed E-state index contributed by atoms with van der Waals surface area (Å²) in [4.78, 5) is 5.09. The van der Waals surface area contributed by atoms with Crippen molar-refractivity contribution in [1.29, 1.82) is 0 Å². The van der Waals surface area contributed by atoms with Crippen LogP contribution in [0.25, 0.3) is 102 Å². The molecule has 0 saturated heterocycles. The molecule has 11 aromatic rings. The average Bonchev–Trinajstić information content (AvgIpc) is 3.77. The maximum Gasteiger partial charge on any atom is 0.125 e. The van der Waals surface area contributed by atoms with Crippen molar-refractivity contribution in [2.24, 2.45) is 0 Å². The minimum atomic E-state index is 1.04. The van der Waals surface area contributed by atoms with Crippen molar-refractivity contribution in [3.8, 4) is 27.4 Å².